The summed E-state index contributed by atoms with van der Waals surface area (Å²) in [4.78, 5) is 17.3. The number of nitrogens with zero attached hydrogens (tertiary/aromatic N) is 2. The van der Waals surface area contributed by atoms with Crippen molar-refractivity contribution < 1.29 is 14.3 Å². The van der Waals surface area contributed by atoms with Crippen LogP contribution in [-0.2, 0) is 6.54 Å². The van der Waals surface area contributed by atoms with Gasteiger partial charge in [-0.3, -0.25) is 9.69 Å². The maximum Gasteiger partial charge on any atom is 0.261 e. The Hall–Kier alpha value is -2.53. The molecule has 5 heteroatoms. The van der Waals surface area contributed by atoms with Gasteiger partial charge in [-0.25, -0.2) is 0 Å². The first-order valence-electron chi connectivity index (χ1n) is 8.90. The highest BCUT2D eigenvalue weighted by Gasteiger charge is 2.27. The summed E-state index contributed by atoms with van der Waals surface area (Å²) >= 11 is 0. The maximum atomic E-state index is 13.0. The van der Waals surface area contributed by atoms with Gasteiger partial charge in [-0.1, -0.05) is 35.9 Å². The average molecular weight is 354 g/mol. The van der Waals surface area contributed by atoms with E-state index < -0.39 is 0 Å². The van der Waals surface area contributed by atoms with Gasteiger partial charge in [-0.2, -0.15) is 0 Å². The Bertz CT molecular complexity index is 728. The first kappa shape index (κ1) is 18.3. The molecule has 138 valence electrons. The van der Waals surface area contributed by atoms with Crippen molar-refractivity contribution in [3.8, 4) is 11.5 Å². The second-order valence-corrected chi connectivity index (χ2v) is 6.59. The lowest BCUT2D eigenvalue weighted by molar-refractivity contribution is 0.0622. The summed E-state index contributed by atoms with van der Waals surface area (Å²) in [5.41, 5.74) is 3.08. The largest absolute Gasteiger partial charge is 0.496 e. The molecule has 2 aromatic rings. The van der Waals surface area contributed by atoms with Crippen LogP contribution in [0.4, 0.5) is 0 Å². The molecular formula is C21H26N2O3. The Labute approximate surface area is 155 Å². The Morgan fingerprint density at radius 1 is 0.923 bits per heavy atom. The summed E-state index contributed by atoms with van der Waals surface area (Å²) < 4.78 is 10.7. The number of carbonyl (C=O) groups is 1. The van der Waals surface area contributed by atoms with Gasteiger partial charge >= 0.3 is 0 Å². The quantitative estimate of drug-likeness (QED) is 0.828. The van der Waals surface area contributed by atoms with E-state index in [1.54, 1.807) is 26.4 Å². The van der Waals surface area contributed by atoms with E-state index in [4.69, 9.17) is 9.47 Å². The number of rotatable bonds is 5. The molecule has 1 aliphatic rings. The van der Waals surface area contributed by atoms with Crippen LogP contribution in [0.2, 0.25) is 0 Å². The van der Waals surface area contributed by atoms with E-state index in [0.29, 0.717) is 30.2 Å². The summed E-state index contributed by atoms with van der Waals surface area (Å²) in [6.45, 7) is 6.13. The van der Waals surface area contributed by atoms with Crippen LogP contribution in [0.1, 0.15) is 21.5 Å². The molecular weight excluding hydrogens is 328 g/mol. The number of hydrogen-bond acceptors (Lipinski definition) is 4. The van der Waals surface area contributed by atoms with Crippen LogP contribution in [0.5, 0.6) is 11.5 Å². The molecule has 5 nitrogen and oxygen atoms in total. The van der Waals surface area contributed by atoms with Gasteiger partial charge in [0, 0.05) is 32.7 Å². The zero-order valence-corrected chi connectivity index (χ0v) is 15.7. The van der Waals surface area contributed by atoms with Gasteiger partial charge in [-0.15, -0.1) is 0 Å². The fourth-order valence-corrected chi connectivity index (χ4v) is 3.28. The first-order valence-corrected chi connectivity index (χ1v) is 8.90. The van der Waals surface area contributed by atoms with Crippen molar-refractivity contribution in [2.75, 3.05) is 40.4 Å². The first-order chi connectivity index (χ1) is 12.6. The molecule has 0 radical (unpaired) electrons. The minimum absolute atomic E-state index is 0.0331. The van der Waals surface area contributed by atoms with E-state index in [0.717, 1.165) is 19.6 Å². The molecule has 2 aromatic carbocycles. The molecule has 0 aliphatic carbocycles. The fraction of sp³-hybridized carbons (Fsp3) is 0.381. The molecule has 26 heavy (non-hydrogen) atoms. The lowest BCUT2D eigenvalue weighted by Crippen LogP contribution is -2.48. The highest BCUT2D eigenvalue weighted by Crippen LogP contribution is 2.30. The normalized spacial score (nSPS) is 15.0. The van der Waals surface area contributed by atoms with E-state index in [2.05, 4.69) is 36.1 Å². The van der Waals surface area contributed by atoms with Crippen LogP contribution in [0.3, 0.4) is 0 Å². The van der Waals surface area contributed by atoms with Crippen molar-refractivity contribution in [1.82, 2.24) is 9.80 Å². The van der Waals surface area contributed by atoms with Crippen molar-refractivity contribution in [2.45, 2.75) is 13.5 Å². The minimum Gasteiger partial charge on any atom is -0.496 e. The van der Waals surface area contributed by atoms with E-state index in [1.807, 2.05) is 11.0 Å². The molecule has 1 fully saturated rings. The number of methoxy groups -OCH3 is 2. The summed E-state index contributed by atoms with van der Waals surface area (Å²) in [5.74, 6) is 1.07. The molecule has 0 saturated carbocycles. The summed E-state index contributed by atoms with van der Waals surface area (Å²) in [6, 6.07) is 14.0. The third kappa shape index (κ3) is 3.99. The van der Waals surface area contributed by atoms with Crippen molar-refractivity contribution in [3.05, 3.63) is 59.2 Å². The number of piperazine rings is 1. The van der Waals surface area contributed by atoms with Gasteiger partial charge in [0.15, 0.2) is 0 Å². The van der Waals surface area contributed by atoms with Gasteiger partial charge in [0.05, 0.1) is 14.2 Å². The number of hydrogen-bond donors (Lipinski definition) is 0. The van der Waals surface area contributed by atoms with Gasteiger partial charge < -0.3 is 14.4 Å². The monoisotopic (exact) mass is 354 g/mol. The lowest BCUT2D eigenvalue weighted by atomic mass is 10.1. The number of aryl methyl sites for hydroxylation is 1. The van der Waals surface area contributed by atoms with Gasteiger partial charge in [0.25, 0.3) is 5.91 Å². The zero-order chi connectivity index (χ0) is 18.5. The molecule has 1 saturated heterocycles. The Morgan fingerprint density at radius 2 is 1.50 bits per heavy atom. The van der Waals surface area contributed by atoms with Crippen LogP contribution < -0.4 is 9.47 Å². The smallest absolute Gasteiger partial charge is 0.261 e. The Kier molecular flexibility index (Phi) is 5.78. The minimum atomic E-state index is -0.0331. The van der Waals surface area contributed by atoms with Crippen LogP contribution in [0.25, 0.3) is 0 Å². The number of benzene rings is 2. The predicted octanol–water partition coefficient (Wildman–Crippen LogP) is 2.97. The molecule has 1 aliphatic heterocycles. The number of carbonyl (C=O) groups excluding carboxylic acids is 1. The molecule has 0 bridgehead atoms. The standard InChI is InChI=1S/C21H26N2O3/c1-16-7-9-17(10-8-16)15-22-11-13-23(14-12-22)21(24)20-18(25-2)5-4-6-19(20)26-3/h4-10H,11-15H2,1-3H3. The summed E-state index contributed by atoms with van der Waals surface area (Å²) in [6.07, 6.45) is 0. The SMILES string of the molecule is COc1cccc(OC)c1C(=O)N1CCN(Cc2ccc(C)cc2)CC1. The molecule has 1 amide bonds. The predicted molar refractivity (Wildman–Crippen MR) is 102 cm³/mol. The average Bonchev–Trinajstić information content (AvgIpc) is 2.69. The second-order valence-electron chi connectivity index (χ2n) is 6.59. The van der Waals surface area contributed by atoms with Gasteiger partial charge in [0.2, 0.25) is 0 Å². The number of amides is 1. The molecule has 0 atom stereocenters. The molecule has 3 rings (SSSR count). The van der Waals surface area contributed by atoms with Gasteiger partial charge in [-0.05, 0) is 24.6 Å². The molecule has 0 spiro atoms. The molecule has 0 N–H and O–H groups in total. The van der Waals surface area contributed by atoms with E-state index in [-0.39, 0.29) is 5.91 Å². The fourth-order valence-electron chi connectivity index (χ4n) is 3.28. The van der Waals surface area contributed by atoms with Crippen LogP contribution >= 0.6 is 0 Å². The molecule has 0 unspecified atom stereocenters. The third-order valence-electron chi connectivity index (χ3n) is 4.83. The van der Waals surface area contributed by atoms with Crippen molar-refractivity contribution in [3.63, 3.8) is 0 Å². The third-order valence-corrected chi connectivity index (χ3v) is 4.83. The Balaban J connectivity index is 1.65. The van der Waals surface area contributed by atoms with Crippen LogP contribution in [-0.4, -0.2) is 56.1 Å². The van der Waals surface area contributed by atoms with E-state index >= 15 is 0 Å². The zero-order valence-electron chi connectivity index (χ0n) is 15.7. The lowest BCUT2D eigenvalue weighted by Gasteiger charge is -2.35. The second kappa shape index (κ2) is 8.23. The van der Waals surface area contributed by atoms with Gasteiger partial charge in [0.1, 0.15) is 17.1 Å². The number of ether oxygens (including phenoxy) is 2. The Morgan fingerprint density at radius 3 is 2.04 bits per heavy atom. The molecule has 1 heterocycles. The topological polar surface area (TPSA) is 42.0 Å². The van der Waals surface area contributed by atoms with E-state index in [9.17, 15) is 4.79 Å². The summed E-state index contributed by atoms with van der Waals surface area (Å²) in [7, 11) is 3.15. The molecule has 0 aromatic heterocycles. The van der Waals surface area contributed by atoms with Crippen LogP contribution in [0.15, 0.2) is 42.5 Å². The van der Waals surface area contributed by atoms with E-state index in [1.165, 1.54) is 11.1 Å². The highest BCUT2D eigenvalue weighted by atomic mass is 16.5. The highest BCUT2D eigenvalue weighted by molar-refractivity contribution is 5.99. The van der Waals surface area contributed by atoms with Crippen molar-refractivity contribution in [2.24, 2.45) is 0 Å². The van der Waals surface area contributed by atoms with Crippen molar-refractivity contribution in [1.29, 1.82) is 0 Å². The summed E-state index contributed by atoms with van der Waals surface area (Å²) in [5, 5.41) is 0. The maximum absolute atomic E-state index is 13.0. The van der Waals surface area contributed by atoms with Crippen molar-refractivity contribution >= 4 is 5.91 Å². The van der Waals surface area contributed by atoms with Crippen LogP contribution in [0, 0.1) is 6.92 Å².